The van der Waals surface area contributed by atoms with Crippen LogP contribution in [0.4, 0.5) is 11.4 Å². The summed E-state index contributed by atoms with van der Waals surface area (Å²) in [7, 11) is 2.01. The predicted molar refractivity (Wildman–Crippen MR) is 92.8 cm³/mol. The van der Waals surface area contributed by atoms with Gasteiger partial charge in [0.1, 0.15) is 0 Å². The Hall–Kier alpha value is -2.94. The van der Waals surface area contributed by atoms with Gasteiger partial charge in [-0.3, -0.25) is 9.98 Å². The van der Waals surface area contributed by atoms with Gasteiger partial charge in [0.05, 0.1) is 35.2 Å². The summed E-state index contributed by atoms with van der Waals surface area (Å²) in [6.07, 6.45) is 3.74. The highest BCUT2D eigenvalue weighted by atomic mass is 15.0. The van der Waals surface area contributed by atoms with Crippen LogP contribution in [0.2, 0.25) is 0 Å². The van der Waals surface area contributed by atoms with Crippen molar-refractivity contribution < 1.29 is 0 Å². The zero-order chi connectivity index (χ0) is 15.2. The summed E-state index contributed by atoms with van der Waals surface area (Å²) in [5.41, 5.74) is 3.98. The highest BCUT2D eigenvalue weighted by Gasteiger charge is 2.00. The number of aliphatic imine (C=N–C) groups is 2. The van der Waals surface area contributed by atoms with E-state index in [1.807, 2.05) is 92.3 Å². The number of para-hydroxylation sites is 2. The van der Waals surface area contributed by atoms with Crippen molar-refractivity contribution in [1.29, 1.82) is 0 Å². The number of aromatic nitrogens is 1. The van der Waals surface area contributed by atoms with Gasteiger partial charge in [0.15, 0.2) is 0 Å². The van der Waals surface area contributed by atoms with Crippen LogP contribution in [0, 0.1) is 0 Å². The van der Waals surface area contributed by atoms with E-state index in [9.17, 15) is 0 Å². The van der Waals surface area contributed by atoms with Crippen molar-refractivity contribution in [1.82, 2.24) is 4.57 Å². The molecule has 0 fully saturated rings. The molecule has 0 spiro atoms. The molecule has 1 aromatic heterocycles. The Kier molecular flexibility index (Phi) is 4.25. The lowest BCUT2D eigenvalue weighted by molar-refractivity contribution is 0.909. The highest BCUT2D eigenvalue weighted by molar-refractivity contribution is 5.86. The van der Waals surface area contributed by atoms with Crippen LogP contribution in [0.3, 0.4) is 0 Å². The molecule has 2 aromatic carbocycles. The van der Waals surface area contributed by atoms with Crippen molar-refractivity contribution in [3.8, 4) is 0 Å². The first-order valence-electron chi connectivity index (χ1n) is 7.17. The van der Waals surface area contributed by atoms with Crippen LogP contribution >= 0.6 is 0 Å². The van der Waals surface area contributed by atoms with Crippen LogP contribution in [0.25, 0.3) is 0 Å². The average Bonchev–Trinajstić information content (AvgIpc) is 2.93. The molecule has 22 heavy (non-hydrogen) atoms. The molecule has 1 heterocycles. The van der Waals surface area contributed by atoms with Crippen LogP contribution in [0.1, 0.15) is 11.4 Å². The van der Waals surface area contributed by atoms with E-state index in [0.29, 0.717) is 0 Å². The summed E-state index contributed by atoms with van der Waals surface area (Å²) in [4.78, 5) is 8.96. The molecular formula is C19H17N3. The zero-order valence-corrected chi connectivity index (χ0v) is 12.4. The molecule has 0 aliphatic rings. The molecule has 0 amide bonds. The fraction of sp³-hybridized carbons (Fsp3) is 0.0526. The molecule has 108 valence electrons. The Morgan fingerprint density at radius 3 is 1.45 bits per heavy atom. The van der Waals surface area contributed by atoms with Crippen molar-refractivity contribution in [2.75, 3.05) is 0 Å². The third-order valence-corrected chi connectivity index (χ3v) is 3.40. The second kappa shape index (κ2) is 6.68. The maximum absolute atomic E-state index is 4.48. The van der Waals surface area contributed by atoms with Gasteiger partial charge in [-0.15, -0.1) is 0 Å². The van der Waals surface area contributed by atoms with Crippen LogP contribution < -0.4 is 0 Å². The topological polar surface area (TPSA) is 29.6 Å². The molecule has 0 unspecified atom stereocenters. The van der Waals surface area contributed by atoms with E-state index in [4.69, 9.17) is 0 Å². The van der Waals surface area contributed by atoms with Gasteiger partial charge in [0.2, 0.25) is 0 Å². The smallest absolute Gasteiger partial charge is 0.0630 e. The fourth-order valence-electron chi connectivity index (χ4n) is 2.11. The summed E-state index contributed by atoms with van der Waals surface area (Å²) < 4.78 is 2.07. The molecule has 3 nitrogen and oxygen atoms in total. The lowest BCUT2D eigenvalue weighted by Crippen LogP contribution is -1.99. The Balaban J connectivity index is 1.78. The Morgan fingerprint density at radius 2 is 1.05 bits per heavy atom. The zero-order valence-electron chi connectivity index (χ0n) is 12.4. The van der Waals surface area contributed by atoms with Crippen LogP contribution in [0.5, 0.6) is 0 Å². The second-order valence-electron chi connectivity index (χ2n) is 4.93. The van der Waals surface area contributed by atoms with E-state index in [2.05, 4.69) is 14.6 Å². The molecule has 3 heteroatoms. The number of benzene rings is 2. The minimum absolute atomic E-state index is 0.947. The lowest BCUT2D eigenvalue weighted by Gasteiger charge is -2.00. The first kappa shape index (κ1) is 14.0. The largest absolute Gasteiger partial charge is 0.342 e. The summed E-state index contributed by atoms with van der Waals surface area (Å²) in [5, 5.41) is 0. The first-order valence-corrected chi connectivity index (χ1v) is 7.17. The van der Waals surface area contributed by atoms with E-state index >= 15 is 0 Å². The van der Waals surface area contributed by atoms with Crippen LogP contribution in [0.15, 0.2) is 82.8 Å². The van der Waals surface area contributed by atoms with E-state index in [0.717, 1.165) is 22.8 Å². The van der Waals surface area contributed by atoms with Crippen molar-refractivity contribution in [3.63, 3.8) is 0 Å². The standard InChI is InChI=1S/C19H17N3/c1-22-18(14-20-16-8-4-2-5-9-16)12-13-19(22)15-21-17-10-6-3-7-11-17/h2-15H,1H3. The average molecular weight is 287 g/mol. The van der Waals surface area contributed by atoms with Crippen LogP contribution in [-0.2, 0) is 7.05 Å². The number of nitrogens with zero attached hydrogens (tertiary/aromatic N) is 3. The second-order valence-corrected chi connectivity index (χ2v) is 4.93. The van der Waals surface area contributed by atoms with Crippen molar-refractivity contribution in [2.24, 2.45) is 17.0 Å². The molecule has 0 radical (unpaired) electrons. The molecule has 0 N–H and O–H groups in total. The van der Waals surface area contributed by atoms with Gasteiger partial charge >= 0.3 is 0 Å². The molecule has 3 aromatic rings. The highest BCUT2D eigenvalue weighted by Crippen LogP contribution is 2.12. The Bertz CT molecular complexity index is 717. The fourth-order valence-corrected chi connectivity index (χ4v) is 2.11. The molecular weight excluding hydrogens is 270 g/mol. The van der Waals surface area contributed by atoms with E-state index in [1.54, 1.807) is 0 Å². The van der Waals surface area contributed by atoms with Crippen molar-refractivity contribution in [2.45, 2.75) is 0 Å². The summed E-state index contributed by atoms with van der Waals surface area (Å²) >= 11 is 0. The Labute approximate surface area is 130 Å². The number of rotatable bonds is 4. The first-order chi connectivity index (χ1) is 10.8. The molecule has 0 saturated carbocycles. The molecule has 0 aliphatic carbocycles. The van der Waals surface area contributed by atoms with Gasteiger partial charge in [0.25, 0.3) is 0 Å². The maximum Gasteiger partial charge on any atom is 0.0630 e. The quantitative estimate of drug-likeness (QED) is 0.631. The summed E-state index contributed by atoms with van der Waals surface area (Å²) in [6, 6.07) is 23.9. The normalized spacial score (nSPS) is 11.5. The monoisotopic (exact) mass is 287 g/mol. The Morgan fingerprint density at radius 1 is 0.636 bits per heavy atom. The van der Waals surface area contributed by atoms with E-state index < -0.39 is 0 Å². The molecule has 0 saturated heterocycles. The van der Waals surface area contributed by atoms with Gasteiger partial charge in [0, 0.05) is 7.05 Å². The molecule has 0 bridgehead atoms. The van der Waals surface area contributed by atoms with Crippen molar-refractivity contribution in [3.05, 3.63) is 84.2 Å². The maximum atomic E-state index is 4.48. The van der Waals surface area contributed by atoms with Gasteiger partial charge in [-0.1, -0.05) is 36.4 Å². The summed E-state index contributed by atoms with van der Waals surface area (Å²) in [6.45, 7) is 0. The van der Waals surface area contributed by atoms with E-state index in [1.165, 1.54) is 0 Å². The molecule has 0 atom stereocenters. The third-order valence-electron chi connectivity index (χ3n) is 3.40. The van der Waals surface area contributed by atoms with Crippen molar-refractivity contribution >= 4 is 23.8 Å². The minimum Gasteiger partial charge on any atom is -0.342 e. The lowest BCUT2D eigenvalue weighted by atomic mass is 10.3. The third kappa shape index (κ3) is 3.38. The molecule has 0 aliphatic heterocycles. The van der Waals surface area contributed by atoms with Gasteiger partial charge < -0.3 is 4.57 Å². The van der Waals surface area contributed by atoms with Gasteiger partial charge in [-0.2, -0.15) is 0 Å². The van der Waals surface area contributed by atoms with Gasteiger partial charge in [-0.25, -0.2) is 0 Å². The number of hydrogen-bond acceptors (Lipinski definition) is 2. The number of hydrogen-bond donors (Lipinski definition) is 0. The SMILES string of the molecule is Cn1c(C=Nc2ccccc2)ccc1C=Nc1ccccc1. The van der Waals surface area contributed by atoms with Crippen LogP contribution in [-0.4, -0.2) is 17.0 Å². The minimum atomic E-state index is 0.947. The predicted octanol–water partition coefficient (Wildman–Crippen LogP) is 4.53. The van der Waals surface area contributed by atoms with Gasteiger partial charge in [-0.05, 0) is 36.4 Å². The molecule has 3 rings (SSSR count). The summed E-state index contributed by atoms with van der Waals surface area (Å²) in [5.74, 6) is 0. The van der Waals surface area contributed by atoms with E-state index in [-0.39, 0.29) is 0 Å².